The van der Waals surface area contributed by atoms with E-state index in [1.807, 2.05) is 12.1 Å². The van der Waals surface area contributed by atoms with Gasteiger partial charge in [-0.15, -0.1) is 11.3 Å². The van der Waals surface area contributed by atoms with E-state index in [0.717, 1.165) is 11.3 Å². The molecule has 10 heteroatoms. The third kappa shape index (κ3) is 6.31. The van der Waals surface area contributed by atoms with Crippen LogP contribution in [0.1, 0.15) is 31.9 Å². The zero-order valence-corrected chi connectivity index (χ0v) is 21.4. The van der Waals surface area contributed by atoms with Crippen LogP contribution < -0.4 is 14.8 Å². The predicted molar refractivity (Wildman–Crippen MR) is 138 cm³/mol. The number of carbonyl (C=O) groups excluding carboxylic acids is 2. The quantitative estimate of drug-likeness (QED) is 0.335. The number of amides is 2. The standard InChI is InChI=1S/C27H23FN4O4S/c1-16-22(14-30)26(37-24(16)27(34)32(2)3)31-25(33)18(13-29)11-17-5-10-23(35-4)19(12-17)15-36-21-8-6-20(28)7-9-21/h5-12H,15H2,1-4H3,(H,31,33)/b18-11+. The van der Waals surface area contributed by atoms with Crippen molar-refractivity contribution >= 4 is 34.2 Å². The van der Waals surface area contributed by atoms with Crippen molar-refractivity contribution in [1.29, 1.82) is 10.5 Å². The highest BCUT2D eigenvalue weighted by Crippen LogP contribution is 2.33. The van der Waals surface area contributed by atoms with Crippen molar-refractivity contribution in [2.24, 2.45) is 0 Å². The SMILES string of the molecule is COc1ccc(/C=C(\C#N)C(=O)Nc2sc(C(=O)N(C)C)c(C)c2C#N)cc1COc1ccc(F)cc1. The van der Waals surface area contributed by atoms with Gasteiger partial charge >= 0.3 is 0 Å². The third-order valence-corrected chi connectivity index (χ3v) is 6.47. The Morgan fingerprint density at radius 2 is 1.86 bits per heavy atom. The Kier molecular flexibility index (Phi) is 8.62. The number of nitrogens with zero attached hydrogens (tertiary/aromatic N) is 3. The second kappa shape index (κ2) is 11.8. The number of nitriles is 2. The summed E-state index contributed by atoms with van der Waals surface area (Å²) in [7, 11) is 4.69. The predicted octanol–water partition coefficient (Wildman–Crippen LogP) is 4.90. The van der Waals surface area contributed by atoms with Crippen molar-refractivity contribution in [2.45, 2.75) is 13.5 Å². The maximum absolute atomic E-state index is 13.1. The Balaban J connectivity index is 1.85. The Bertz CT molecular complexity index is 1450. The molecule has 0 fully saturated rings. The van der Waals surface area contributed by atoms with Crippen molar-refractivity contribution in [3.63, 3.8) is 0 Å². The maximum Gasteiger partial charge on any atom is 0.266 e. The van der Waals surface area contributed by atoms with Crippen molar-refractivity contribution in [3.05, 3.63) is 81.0 Å². The first-order valence-electron chi connectivity index (χ1n) is 10.9. The summed E-state index contributed by atoms with van der Waals surface area (Å²) in [4.78, 5) is 27.0. The van der Waals surface area contributed by atoms with Crippen LogP contribution >= 0.6 is 11.3 Å². The molecule has 0 saturated heterocycles. The van der Waals surface area contributed by atoms with Gasteiger partial charge in [0.15, 0.2) is 0 Å². The second-order valence-corrected chi connectivity index (χ2v) is 9.03. The molecule has 3 aromatic rings. The summed E-state index contributed by atoms with van der Waals surface area (Å²) in [6, 6.07) is 14.5. The third-order valence-electron chi connectivity index (χ3n) is 5.27. The number of hydrogen-bond acceptors (Lipinski definition) is 7. The van der Waals surface area contributed by atoms with Gasteiger partial charge in [-0.05, 0) is 60.5 Å². The summed E-state index contributed by atoms with van der Waals surface area (Å²) in [5.41, 5.74) is 1.61. The second-order valence-electron chi connectivity index (χ2n) is 8.01. The van der Waals surface area contributed by atoms with E-state index < -0.39 is 5.91 Å². The summed E-state index contributed by atoms with van der Waals surface area (Å²) in [6.45, 7) is 1.74. The lowest BCUT2D eigenvalue weighted by Crippen LogP contribution is -2.21. The molecule has 2 amide bonds. The van der Waals surface area contributed by atoms with Gasteiger partial charge in [-0.1, -0.05) is 6.07 Å². The van der Waals surface area contributed by atoms with Gasteiger partial charge in [0.2, 0.25) is 0 Å². The number of ether oxygens (including phenoxy) is 2. The van der Waals surface area contributed by atoms with Crippen molar-refractivity contribution in [1.82, 2.24) is 4.90 Å². The van der Waals surface area contributed by atoms with Crippen LogP contribution in [0.25, 0.3) is 6.08 Å². The van der Waals surface area contributed by atoms with Gasteiger partial charge in [0.05, 0.1) is 17.6 Å². The minimum absolute atomic E-state index is 0.104. The Morgan fingerprint density at radius 3 is 2.46 bits per heavy atom. The number of methoxy groups -OCH3 is 1. The van der Waals surface area contributed by atoms with E-state index in [2.05, 4.69) is 5.32 Å². The molecule has 0 aliphatic rings. The van der Waals surface area contributed by atoms with Gasteiger partial charge in [0, 0.05) is 19.7 Å². The summed E-state index contributed by atoms with van der Waals surface area (Å²) in [6.07, 6.45) is 1.40. The lowest BCUT2D eigenvalue weighted by atomic mass is 10.1. The van der Waals surface area contributed by atoms with E-state index in [-0.39, 0.29) is 34.5 Å². The average Bonchev–Trinajstić information content (AvgIpc) is 3.20. The molecule has 2 aromatic carbocycles. The van der Waals surface area contributed by atoms with Crippen molar-refractivity contribution in [3.8, 4) is 23.6 Å². The summed E-state index contributed by atoms with van der Waals surface area (Å²) >= 11 is 0.984. The maximum atomic E-state index is 13.1. The molecule has 1 heterocycles. The van der Waals surface area contributed by atoms with E-state index in [1.54, 1.807) is 39.2 Å². The smallest absolute Gasteiger partial charge is 0.266 e. The summed E-state index contributed by atoms with van der Waals surface area (Å²) in [5.74, 6) is -0.381. The fourth-order valence-electron chi connectivity index (χ4n) is 3.32. The van der Waals surface area contributed by atoms with Gasteiger partial charge in [0.25, 0.3) is 11.8 Å². The molecule has 1 N–H and O–H groups in total. The number of hydrogen-bond donors (Lipinski definition) is 1. The molecular formula is C27H23FN4O4S. The zero-order chi connectivity index (χ0) is 27.1. The highest BCUT2D eigenvalue weighted by molar-refractivity contribution is 7.18. The van der Waals surface area contributed by atoms with Crippen LogP contribution in [0.4, 0.5) is 9.39 Å². The van der Waals surface area contributed by atoms with E-state index in [9.17, 15) is 24.5 Å². The van der Waals surface area contributed by atoms with Gasteiger partial charge in [-0.2, -0.15) is 10.5 Å². The monoisotopic (exact) mass is 518 g/mol. The normalized spacial score (nSPS) is 10.7. The van der Waals surface area contributed by atoms with Gasteiger partial charge in [0.1, 0.15) is 46.6 Å². The molecule has 0 saturated carbocycles. The van der Waals surface area contributed by atoms with Crippen LogP contribution in [0, 0.1) is 35.4 Å². The highest BCUT2D eigenvalue weighted by atomic mass is 32.1. The molecule has 0 spiro atoms. The fraction of sp³-hybridized carbons (Fsp3) is 0.185. The van der Waals surface area contributed by atoms with Crippen LogP contribution in [-0.2, 0) is 11.4 Å². The fourth-order valence-corrected chi connectivity index (χ4v) is 4.50. The topological polar surface area (TPSA) is 115 Å². The molecular weight excluding hydrogens is 495 g/mol. The first-order valence-corrected chi connectivity index (χ1v) is 11.7. The molecule has 0 radical (unpaired) electrons. The van der Waals surface area contributed by atoms with E-state index in [0.29, 0.717) is 33.1 Å². The first-order chi connectivity index (χ1) is 17.7. The molecule has 1 aromatic heterocycles. The lowest BCUT2D eigenvalue weighted by molar-refractivity contribution is -0.112. The van der Waals surface area contributed by atoms with Crippen LogP contribution in [-0.4, -0.2) is 37.9 Å². The number of nitrogens with one attached hydrogen (secondary N) is 1. The molecule has 37 heavy (non-hydrogen) atoms. The number of halogens is 1. The van der Waals surface area contributed by atoms with Crippen LogP contribution in [0.3, 0.4) is 0 Å². The van der Waals surface area contributed by atoms with E-state index in [1.165, 1.54) is 42.4 Å². The van der Waals surface area contributed by atoms with Crippen LogP contribution in [0.5, 0.6) is 11.5 Å². The van der Waals surface area contributed by atoms with E-state index >= 15 is 0 Å². The molecule has 8 nitrogen and oxygen atoms in total. The highest BCUT2D eigenvalue weighted by Gasteiger charge is 2.23. The number of benzene rings is 2. The zero-order valence-electron chi connectivity index (χ0n) is 20.6. The minimum Gasteiger partial charge on any atom is -0.496 e. The molecule has 0 atom stereocenters. The number of thiophene rings is 1. The van der Waals surface area contributed by atoms with Gasteiger partial charge < -0.3 is 19.7 Å². The van der Waals surface area contributed by atoms with Crippen molar-refractivity contribution in [2.75, 3.05) is 26.5 Å². The molecule has 188 valence electrons. The average molecular weight is 519 g/mol. The Labute approximate surface area is 217 Å². The lowest BCUT2D eigenvalue weighted by Gasteiger charge is -2.11. The molecule has 3 rings (SSSR count). The Morgan fingerprint density at radius 1 is 1.16 bits per heavy atom. The molecule has 0 bridgehead atoms. The van der Waals surface area contributed by atoms with Crippen molar-refractivity contribution < 1.29 is 23.5 Å². The van der Waals surface area contributed by atoms with E-state index in [4.69, 9.17) is 9.47 Å². The number of rotatable bonds is 8. The molecule has 0 aliphatic heterocycles. The number of anilines is 1. The molecule has 0 unspecified atom stereocenters. The Hall–Kier alpha value is -4.67. The van der Waals surface area contributed by atoms with Gasteiger partial charge in [-0.25, -0.2) is 4.39 Å². The van der Waals surface area contributed by atoms with Crippen LogP contribution in [0.2, 0.25) is 0 Å². The van der Waals surface area contributed by atoms with Gasteiger partial charge in [-0.3, -0.25) is 9.59 Å². The largest absolute Gasteiger partial charge is 0.496 e. The van der Waals surface area contributed by atoms with Crippen LogP contribution in [0.15, 0.2) is 48.0 Å². The summed E-state index contributed by atoms with van der Waals surface area (Å²) in [5, 5.41) is 22.0. The molecule has 0 aliphatic carbocycles. The first kappa shape index (κ1) is 26.9. The summed E-state index contributed by atoms with van der Waals surface area (Å²) < 4.78 is 24.2. The minimum atomic E-state index is -0.718. The number of carbonyl (C=O) groups is 2.